The summed E-state index contributed by atoms with van der Waals surface area (Å²) in [6.45, 7) is 9.01. The Bertz CT molecular complexity index is 441. The first-order chi connectivity index (χ1) is 12.1. The molecule has 2 unspecified atom stereocenters. The van der Waals surface area contributed by atoms with Gasteiger partial charge in [-0.3, -0.25) is 0 Å². The Hall–Kier alpha value is -0.340. The topological polar surface area (TPSA) is 61.6 Å². The summed E-state index contributed by atoms with van der Waals surface area (Å²) in [4.78, 5) is 1.91. The Morgan fingerprint density at radius 2 is 1.46 bits per heavy atom. The highest BCUT2D eigenvalue weighted by Crippen LogP contribution is 2.20. The third-order valence-electron chi connectivity index (χ3n) is 4.87. The summed E-state index contributed by atoms with van der Waals surface area (Å²) >= 11 is 0. The lowest BCUT2D eigenvalue weighted by atomic mass is 10.0. The van der Waals surface area contributed by atoms with Gasteiger partial charge in [-0.15, -0.1) is 0 Å². The second kappa shape index (κ2) is 13.8. The van der Waals surface area contributed by atoms with Crippen LogP contribution in [0, 0.1) is 5.92 Å². The zero-order valence-electron chi connectivity index (χ0n) is 16.2. The zero-order chi connectivity index (χ0) is 20.1. The van der Waals surface area contributed by atoms with Crippen molar-refractivity contribution in [2.45, 2.75) is 90.0 Å². The molecule has 158 valence electrons. The molecule has 4 nitrogen and oxygen atoms in total. The Morgan fingerprint density at radius 3 is 1.96 bits per heavy atom. The molecule has 1 rings (SSSR count). The molecule has 1 aliphatic rings. The maximum absolute atomic E-state index is 10.7. The van der Waals surface area contributed by atoms with E-state index in [1.807, 2.05) is 4.90 Å². The summed E-state index contributed by atoms with van der Waals surface area (Å²) in [5, 5.41) is 0. The maximum Gasteiger partial charge on any atom is 0.485 e. The van der Waals surface area contributed by atoms with Crippen LogP contribution in [0.1, 0.15) is 84.5 Å². The summed E-state index contributed by atoms with van der Waals surface area (Å²) in [6.07, 6.45) is 16.0. The smallest absolute Gasteiger partial charge is 0.485 e. The SMILES string of the molecule is CCCCCCCCC[NH+]1CCC(CCCC)C1.O=S(=O)([O-])C(F)(F)F. The van der Waals surface area contributed by atoms with Crippen molar-refractivity contribution in [3.8, 4) is 0 Å². The fourth-order valence-electron chi connectivity index (χ4n) is 3.32. The minimum Gasteiger partial charge on any atom is -0.741 e. The quantitative estimate of drug-likeness (QED) is 0.323. The average Bonchev–Trinajstić information content (AvgIpc) is 2.98. The molecule has 1 fully saturated rings. The van der Waals surface area contributed by atoms with Gasteiger partial charge in [0.05, 0.1) is 19.6 Å². The van der Waals surface area contributed by atoms with E-state index in [0.29, 0.717) is 0 Å². The summed E-state index contributed by atoms with van der Waals surface area (Å²) in [5.74, 6) is 1.06. The minimum absolute atomic E-state index is 1.06. The minimum atomic E-state index is -6.09. The molecule has 0 aromatic carbocycles. The summed E-state index contributed by atoms with van der Waals surface area (Å²) < 4.78 is 58.9. The summed E-state index contributed by atoms with van der Waals surface area (Å²) in [6, 6.07) is 0. The van der Waals surface area contributed by atoms with Crippen LogP contribution in [-0.4, -0.2) is 38.1 Å². The number of halogens is 3. The van der Waals surface area contributed by atoms with Gasteiger partial charge in [-0.05, 0) is 19.3 Å². The molecule has 0 bridgehead atoms. The van der Waals surface area contributed by atoms with Gasteiger partial charge in [0.2, 0.25) is 0 Å². The van der Waals surface area contributed by atoms with Crippen LogP contribution < -0.4 is 4.90 Å². The molecule has 1 heterocycles. The third-order valence-corrected chi connectivity index (χ3v) is 5.43. The van der Waals surface area contributed by atoms with Crippen molar-refractivity contribution in [2.75, 3.05) is 19.6 Å². The largest absolute Gasteiger partial charge is 0.741 e. The van der Waals surface area contributed by atoms with E-state index in [9.17, 15) is 13.2 Å². The number of likely N-dealkylation sites (tertiary alicyclic amines) is 1. The first-order valence-electron chi connectivity index (χ1n) is 9.97. The van der Waals surface area contributed by atoms with Gasteiger partial charge in [-0.25, -0.2) is 8.42 Å². The second-order valence-corrected chi connectivity index (χ2v) is 8.64. The van der Waals surface area contributed by atoms with Gasteiger partial charge in [-0.1, -0.05) is 58.8 Å². The molecule has 8 heteroatoms. The molecule has 0 saturated carbocycles. The maximum atomic E-state index is 10.7. The Balaban J connectivity index is 0.000000660. The normalized spacial score (nSPS) is 20.7. The summed E-state index contributed by atoms with van der Waals surface area (Å²) in [7, 11) is -6.09. The van der Waals surface area contributed by atoms with Crippen LogP contribution in [0.15, 0.2) is 0 Å². The van der Waals surface area contributed by atoms with Crippen molar-refractivity contribution in [1.82, 2.24) is 0 Å². The lowest BCUT2D eigenvalue weighted by molar-refractivity contribution is -0.889. The van der Waals surface area contributed by atoms with Gasteiger partial charge in [0.25, 0.3) is 0 Å². The van der Waals surface area contributed by atoms with Crippen LogP contribution >= 0.6 is 0 Å². The predicted molar refractivity (Wildman–Crippen MR) is 96.9 cm³/mol. The standard InChI is InChI=1S/C17H35N.CHF3O3S/c1-3-5-7-8-9-10-11-14-18-15-13-17(16-18)12-6-4-2;2-1(3,4)8(5,6)7/h17H,3-16H2,1-2H3;(H,5,6,7). The first kappa shape index (κ1) is 25.7. The Kier molecular flexibility index (Phi) is 13.6. The van der Waals surface area contributed by atoms with E-state index in [1.54, 1.807) is 0 Å². The van der Waals surface area contributed by atoms with E-state index in [0.717, 1.165) is 5.92 Å². The molecule has 0 aliphatic carbocycles. The molecular weight excluding hydrogens is 367 g/mol. The van der Waals surface area contributed by atoms with Crippen LogP contribution in [-0.2, 0) is 10.1 Å². The number of alkyl halides is 3. The molecule has 0 aromatic rings. The van der Waals surface area contributed by atoms with Crippen LogP contribution in [0.2, 0.25) is 0 Å². The number of quaternary nitrogens is 1. The fourth-order valence-corrected chi connectivity index (χ4v) is 3.32. The van der Waals surface area contributed by atoms with Crippen molar-refractivity contribution in [3.63, 3.8) is 0 Å². The van der Waals surface area contributed by atoms with E-state index in [-0.39, 0.29) is 0 Å². The van der Waals surface area contributed by atoms with Crippen molar-refractivity contribution in [2.24, 2.45) is 5.92 Å². The van der Waals surface area contributed by atoms with Gasteiger partial charge in [0, 0.05) is 12.3 Å². The summed E-state index contributed by atoms with van der Waals surface area (Å²) in [5.41, 5.74) is -5.65. The number of rotatable bonds is 11. The van der Waals surface area contributed by atoms with E-state index in [4.69, 9.17) is 13.0 Å². The predicted octanol–water partition coefficient (Wildman–Crippen LogP) is 3.88. The van der Waals surface area contributed by atoms with Gasteiger partial charge in [-0.2, -0.15) is 13.2 Å². The molecule has 1 N–H and O–H groups in total. The van der Waals surface area contributed by atoms with Crippen LogP contribution in [0.25, 0.3) is 0 Å². The van der Waals surface area contributed by atoms with E-state index < -0.39 is 15.6 Å². The van der Waals surface area contributed by atoms with Gasteiger partial charge in [0.1, 0.15) is 0 Å². The fraction of sp³-hybridized carbons (Fsp3) is 1.00. The zero-order valence-corrected chi connectivity index (χ0v) is 17.1. The first-order valence-corrected chi connectivity index (χ1v) is 11.4. The lowest BCUT2D eigenvalue weighted by Gasteiger charge is -2.13. The third kappa shape index (κ3) is 12.9. The highest BCUT2D eigenvalue weighted by atomic mass is 32.2. The van der Waals surface area contributed by atoms with E-state index in [1.165, 1.54) is 90.3 Å². The Morgan fingerprint density at radius 1 is 0.962 bits per heavy atom. The lowest BCUT2D eigenvalue weighted by Crippen LogP contribution is -3.10. The van der Waals surface area contributed by atoms with Crippen LogP contribution in [0.5, 0.6) is 0 Å². The molecule has 0 radical (unpaired) electrons. The van der Waals surface area contributed by atoms with Crippen LogP contribution in [0.3, 0.4) is 0 Å². The molecule has 26 heavy (non-hydrogen) atoms. The monoisotopic (exact) mass is 403 g/mol. The molecular formula is C18H36F3NO3S. The number of unbranched alkanes of at least 4 members (excludes halogenated alkanes) is 7. The molecule has 0 spiro atoms. The number of hydrogen-bond donors (Lipinski definition) is 1. The molecule has 0 amide bonds. The van der Waals surface area contributed by atoms with E-state index >= 15 is 0 Å². The highest BCUT2D eigenvalue weighted by molar-refractivity contribution is 7.86. The van der Waals surface area contributed by atoms with Gasteiger partial charge in [0.15, 0.2) is 10.1 Å². The number of hydrogen-bond acceptors (Lipinski definition) is 3. The number of nitrogens with one attached hydrogen (secondary N) is 1. The van der Waals surface area contributed by atoms with Crippen molar-refractivity contribution < 1.29 is 31.0 Å². The van der Waals surface area contributed by atoms with Crippen molar-refractivity contribution >= 4 is 10.1 Å². The van der Waals surface area contributed by atoms with Crippen molar-refractivity contribution in [3.05, 3.63) is 0 Å². The Labute approximate surface area is 157 Å². The molecule has 1 saturated heterocycles. The van der Waals surface area contributed by atoms with E-state index in [2.05, 4.69) is 13.8 Å². The van der Waals surface area contributed by atoms with Gasteiger partial charge < -0.3 is 9.45 Å². The average molecular weight is 404 g/mol. The molecule has 2 atom stereocenters. The van der Waals surface area contributed by atoms with Crippen LogP contribution in [0.4, 0.5) is 13.2 Å². The van der Waals surface area contributed by atoms with Gasteiger partial charge >= 0.3 is 5.51 Å². The van der Waals surface area contributed by atoms with Crippen molar-refractivity contribution in [1.29, 1.82) is 0 Å². The molecule has 1 aliphatic heterocycles. The highest BCUT2D eigenvalue weighted by Gasteiger charge is 2.36. The molecule has 0 aromatic heterocycles. The second-order valence-electron chi connectivity index (χ2n) is 7.27.